The number of rotatable bonds is 5. The summed E-state index contributed by atoms with van der Waals surface area (Å²) >= 11 is 0. The van der Waals surface area contributed by atoms with Crippen LogP contribution in [0.2, 0.25) is 0 Å². The number of hydrogen-bond acceptors (Lipinski definition) is 3. The van der Waals surface area contributed by atoms with Gasteiger partial charge < -0.3 is 15.3 Å². The molecule has 0 aliphatic heterocycles. The Morgan fingerprint density at radius 2 is 1.68 bits per heavy atom. The predicted molar refractivity (Wildman–Crippen MR) is 136 cm³/mol. The highest BCUT2D eigenvalue weighted by Gasteiger charge is 2.64. The van der Waals surface area contributed by atoms with Gasteiger partial charge >= 0.3 is 0 Å². The monoisotopic (exact) mass is 478 g/mol. The van der Waals surface area contributed by atoms with Crippen LogP contribution < -0.4 is 0 Å². The zero-order valence-electron chi connectivity index (χ0n) is 23.0. The number of halogens is 1. The summed E-state index contributed by atoms with van der Waals surface area (Å²) in [5.41, 5.74) is 2.00. The van der Waals surface area contributed by atoms with Crippen molar-refractivity contribution in [3.8, 4) is 0 Å². The summed E-state index contributed by atoms with van der Waals surface area (Å²) in [6.07, 6.45) is 5.75. The van der Waals surface area contributed by atoms with E-state index in [9.17, 15) is 15.3 Å². The van der Waals surface area contributed by atoms with E-state index < -0.39 is 29.4 Å². The third-order valence-corrected chi connectivity index (χ3v) is 12.0. The van der Waals surface area contributed by atoms with E-state index in [0.717, 1.165) is 38.5 Å². The van der Waals surface area contributed by atoms with Crippen molar-refractivity contribution in [2.75, 3.05) is 0 Å². The van der Waals surface area contributed by atoms with Gasteiger partial charge in [0.2, 0.25) is 0 Å². The molecule has 0 heterocycles. The summed E-state index contributed by atoms with van der Waals surface area (Å²) in [6.45, 7) is 17.2. The lowest BCUT2D eigenvalue weighted by atomic mass is 9.43. The van der Waals surface area contributed by atoms with Crippen LogP contribution in [-0.4, -0.2) is 39.3 Å². The Kier molecular flexibility index (Phi) is 6.48. The molecule has 34 heavy (non-hydrogen) atoms. The molecule has 0 spiro atoms. The molecule has 0 aromatic heterocycles. The van der Waals surface area contributed by atoms with Crippen molar-refractivity contribution in [2.45, 2.75) is 137 Å². The van der Waals surface area contributed by atoms with E-state index in [2.05, 4.69) is 41.5 Å². The average molecular weight is 479 g/mol. The Morgan fingerprint density at radius 1 is 1.03 bits per heavy atom. The van der Waals surface area contributed by atoms with E-state index >= 15 is 4.39 Å². The molecule has 3 N–H and O–H groups in total. The van der Waals surface area contributed by atoms with Crippen LogP contribution in [-0.2, 0) is 0 Å². The highest BCUT2D eigenvalue weighted by atomic mass is 19.1. The Hall–Kier alpha value is -0.450. The fourth-order valence-electron chi connectivity index (χ4n) is 9.68. The molecule has 4 aliphatic carbocycles. The molecule has 4 heteroatoms. The maximum atomic E-state index is 15.2. The Balaban J connectivity index is 1.65. The third-order valence-electron chi connectivity index (χ3n) is 12.0. The van der Waals surface area contributed by atoms with Crippen LogP contribution in [0.5, 0.6) is 0 Å². The van der Waals surface area contributed by atoms with Crippen molar-refractivity contribution in [1.29, 1.82) is 0 Å². The van der Waals surface area contributed by atoms with E-state index in [1.807, 2.05) is 13.8 Å². The first-order valence-corrected chi connectivity index (χ1v) is 13.9. The molecule has 0 aromatic carbocycles. The second-order valence-electron chi connectivity index (χ2n) is 14.6. The molecule has 4 rings (SSSR count). The Morgan fingerprint density at radius 3 is 2.29 bits per heavy atom. The molecular formula is C30H51FO3. The third kappa shape index (κ3) is 3.76. The van der Waals surface area contributed by atoms with Crippen molar-refractivity contribution in [3.63, 3.8) is 0 Å². The van der Waals surface area contributed by atoms with E-state index in [1.54, 1.807) is 5.57 Å². The second kappa shape index (κ2) is 8.28. The number of aliphatic hydroxyl groups excluding tert-OH is 2. The number of alkyl halides is 1. The number of fused-ring (bicyclic) bond motifs is 4. The quantitative estimate of drug-likeness (QED) is 0.391. The van der Waals surface area contributed by atoms with Gasteiger partial charge in [-0.1, -0.05) is 52.7 Å². The first-order chi connectivity index (χ1) is 15.5. The SMILES string of the molecule is C[C@H](C(O)CCC(C)(C)O)[C@H]1CC[C@@]2(C)C3=C(CC[C@]12C)[C@@]1(C)C[C@@H](F)[C@H](O)C(C)(C)C1CC3. The van der Waals surface area contributed by atoms with E-state index in [1.165, 1.54) is 5.57 Å². The van der Waals surface area contributed by atoms with Crippen LogP contribution in [0, 0.1) is 39.4 Å². The van der Waals surface area contributed by atoms with Crippen LogP contribution in [0.25, 0.3) is 0 Å². The van der Waals surface area contributed by atoms with E-state index in [4.69, 9.17) is 0 Å². The summed E-state index contributed by atoms with van der Waals surface area (Å²) in [5.74, 6) is 0.961. The summed E-state index contributed by atoms with van der Waals surface area (Å²) in [4.78, 5) is 0. The maximum Gasteiger partial charge on any atom is 0.127 e. The minimum absolute atomic E-state index is 0.0927. The lowest BCUT2D eigenvalue weighted by Gasteiger charge is -2.62. The number of hydrogen-bond donors (Lipinski definition) is 3. The topological polar surface area (TPSA) is 60.7 Å². The minimum Gasteiger partial charge on any atom is -0.393 e. The fourth-order valence-corrected chi connectivity index (χ4v) is 9.68. The minimum atomic E-state index is -1.16. The zero-order chi connectivity index (χ0) is 25.5. The fraction of sp³-hybridized carbons (Fsp3) is 0.933. The van der Waals surface area contributed by atoms with Crippen LogP contribution >= 0.6 is 0 Å². The summed E-state index contributed by atoms with van der Waals surface area (Å²) in [6, 6.07) is 0. The molecule has 2 unspecified atom stereocenters. The van der Waals surface area contributed by atoms with Gasteiger partial charge in [-0.25, -0.2) is 4.39 Å². The first-order valence-electron chi connectivity index (χ1n) is 13.9. The molecule has 0 bridgehead atoms. The van der Waals surface area contributed by atoms with Crippen LogP contribution in [0.15, 0.2) is 11.1 Å². The van der Waals surface area contributed by atoms with Gasteiger partial charge in [0.15, 0.2) is 0 Å². The number of aliphatic hydroxyl groups is 3. The van der Waals surface area contributed by atoms with Gasteiger partial charge in [-0.05, 0) is 111 Å². The van der Waals surface area contributed by atoms with Crippen molar-refractivity contribution < 1.29 is 19.7 Å². The predicted octanol–water partition coefficient (Wildman–Crippen LogP) is 6.59. The van der Waals surface area contributed by atoms with Gasteiger partial charge in [0.25, 0.3) is 0 Å². The van der Waals surface area contributed by atoms with Gasteiger partial charge in [0.05, 0.1) is 17.8 Å². The average Bonchev–Trinajstić information content (AvgIpc) is 3.00. The van der Waals surface area contributed by atoms with Crippen molar-refractivity contribution in [1.82, 2.24) is 0 Å². The molecule has 4 aliphatic rings. The molecule has 0 aromatic rings. The maximum absolute atomic E-state index is 15.2. The van der Waals surface area contributed by atoms with Crippen molar-refractivity contribution >= 4 is 0 Å². The van der Waals surface area contributed by atoms with Crippen LogP contribution in [0.4, 0.5) is 4.39 Å². The molecular weight excluding hydrogens is 427 g/mol. The normalized spacial score (nSPS) is 45.9. The van der Waals surface area contributed by atoms with Gasteiger partial charge in [-0.2, -0.15) is 0 Å². The lowest BCUT2D eigenvalue weighted by Crippen LogP contribution is -2.58. The number of allylic oxidation sites excluding steroid dienone is 2. The van der Waals surface area contributed by atoms with E-state index in [-0.39, 0.29) is 22.2 Å². The largest absolute Gasteiger partial charge is 0.393 e. The molecule has 0 amide bonds. The van der Waals surface area contributed by atoms with Crippen LogP contribution in [0.1, 0.15) is 113 Å². The van der Waals surface area contributed by atoms with E-state index in [0.29, 0.717) is 31.1 Å². The van der Waals surface area contributed by atoms with Gasteiger partial charge in [-0.15, -0.1) is 0 Å². The second-order valence-corrected chi connectivity index (χ2v) is 14.6. The molecule has 0 saturated heterocycles. The molecule has 3 nitrogen and oxygen atoms in total. The van der Waals surface area contributed by atoms with Gasteiger partial charge in [-0.3, -0.25) is 0 Å². The van der Waals surface area contributed by atoms with Crippen molar-refractivity contribution in [3.05, 3.63) is 11.1 Å². The first kappa shape index (κ1) is 26.6. The molecule has 0 radical (unpaired) electrons. The standard InChI is InChI=1S/C30H51FO3/c1-18(23(32)13-14-26(2,3)34)19-11-15-30(8)21-9-10-24-27(4,5)25(33)22(31)17-28(24,6)20(21)12-16-29(19,30)7/h18-19,22-25,32-34H,9-17H2,1-8H3/t18-,19+,22+,23?,24?,25-,28+,29+,30-/m0/s1. The molecule has 196 valence electrons. The Bertz CT molecular complexity index is 827. The Labute approximate surface area is 207 Å². The lowest BCUT2D eigenvalue weighted by molar-refractivity contribution is -0.136. The highest BCUT2D eigenvalue weighted by Crippen LogP contribution is 2.72. The highest BCUT2D eigenvalue weighted by molar-refractivity contribution is 5.39. The van der Waals surface area contributed by atoms with Gasteiger partial charge in [0, 0.05) is 0 Å². The van der Waals surface area contributed by atoms with Crippen LogP contribution in [0.3, 0.4) is 0 Å². The molecule has 2 fully saturated rings. The van der Waals surface area contributed by atoms with Crippen molar-refractivity contribution in [2.24, 2.45) is 39.4 Å². The summed E-state index contributed by atoms with van der Waals surface area (Å²) in [5, 5.41) is 31.9. The molecule has 2 saturated carbocycles. The smallest absolute Gasteiger partial charge is 0.127 e. The molecule has 9 atom stereocenters. The zero-order valence-corrected chi connectivity index (χ0v) is 23.0. The summed E-state index contributed by atoms with van der Waals surface area (Å²) < 4.78 is 15.2. The van der Waals surface area contributed by atoms with Gasteiger partial charge in [0.1, 0.15) is 6.17 Å². The summed E-state index contributed by atoms with van der Waals surface area (Å²) in [7, 11) is 0.